The molecule has 0 unspecified atom stereocenters. The van der Waals surface area contributed by atoms with Crippen molar-refractivity contribution in [2.75, 3.05) is 0 Å². The molecule has 0 atom stereocenters. The number of para-hydroxylation sites is 2. The fourth-order valence-electron chi connectivity index (χ4n) is 6.95. The largest absolute Gasteiger partial charge is 0.456 e. The molecule has 0 fully saturated rings. The average Bonchev–Trinajstić information content (AvgIpc) is 3.57. The lowest BCUT2D eigenvalue weighted by atomic mass is 9.81. The van der Waals surface area contributed by atoms with E-state index in [1.54, 1.807) is 0 Å². The first-order valence-corrected chi connectivity index (χ1v) is 12.3. The molecule has 164 valence electrons. The molecule has 0 radical (unpaired) electrons. The Kier molecular flexibility index (Phi) is 2.93. The Labute approximate surface area is 201 Å². The van der Waals surface area contributed by atoms with Gasteiger partial charge in [-0.1, -0.05) is 74.5 Å². The Morgan fingerprint density at radius 2 is 1.37 bits per heavy atom. The van der Waals surface area contributed by atoms with E-state index in [1.165, 1.54) is 71.1 Å². The van der Waals surface area contributed by atoms with Gasteiger partial charge in [-0.25, -0.2) is 0 Å². The molecule has 2 nitrogen and oxygen atoms in total. The molecule has 3 aromatic heterocycles. The van der Waals surface area contributed by atoms with Gasteiger partial charge in [0.1, 0.15) is 11.2 Å². The summed E-state index contributed by atoms with van der Waals surface area (Å²) >= 11 is 0. The lowest BCUT2D eigenvalue weighted by molar-refractivity contribution is 0.661. The van der Waals surface area contributed by atoms with Crippen molar-refractivity contribution < 1.29 is 4.42 Å². The van der Waals surface area contributed by atoms with E-state index in [2.05, 4.69) is 103 Å². The van der Waals surface area contributed by atoms with Crippen LogP contribution in [0.4, 0.5) is 0 Å². The molecule has 1 aliphatic carbocycles. The molecule has 0 saturated carbocycles. The Morgan fingerprint density at radius 3 is 2.29 bits per heavy atom. The fraction of sp³-hybridized carbons (Fsp3) is 0.0909. The van der Waals surface area contributed by atoms with Crippen LogP contribution in [0.3, 0.4) is 0 Å². The second kappa shape index (κ2) is 5.67. The lowest BCUT2D eigenvalue weighted by Crippen LogP contribution is -2.14. The maximum Gasteiger partial charge on any atom is 0.136 e. The first-order valence-electron chi connectivity index (χ1n) is 12.3. The molecular weight excluding hydrogens is 426 g/mol. The molecule has 5 aromatic carbocycles. The monoisotopic (exact) mass is 447 g/mol. The average molecular weight is 448 g/mol. The highest BCUT2D eigenvalue weighted by molar-refractivity contribution is 6.29. The maximum atomic E-state index is 6.31. The first kappa shape index (κ1) is 18.1. The molecule has 0 spiro atoms. The zero-order valence-electron chi connectivity index (χ0n) is 19.5. The van der Waals surface area contributed by atoms with Crippen LogP contribution in [0, 0.1) is 0 Å². The number of benzene rings is 5. The van der Waals surface area contributed by atoms with E-state index in [-0.39, 0.29) is 5.41 Å². The summed E-state index contributed by atoms with van der Waals surface area (Å²) < 4.78 is 8.80. The van der Waals surface area contributed by atoms with Crippen molar-refractivity contribution in [3.63, 3.8) is 0 Å². The number of hydrogen-bond acceptors (Lipinski definition) is 1. The van der Waals surface area contributed by atoms with Gasteiger partial charge in [-0.05, 0) is 52.6 Å². The van der Waals surface area contributed by atoms with Crippen molar-refractivity contribution in [1.29, 1.82) is 0 Å². The summed E-state index contributed by atoms with van der Waals surface area (Å²) in [5.41, 5.74) is 11.3. The molecule has 0 saturated heterocycles. The minimum absolute atomic E-state index is 0.0496. The van der Waals surface area contributed by atoms with Crippen LogP contribution in [0.2, 0.25) is 0 Å². The van der Waals surface area contributed by atoms with Gasteiger partial charge in [-0.2, -0.15) is 0 Å². The molecule has 3 heterocycles. The zero-order chi connectivity index (χ0) is 23.1. The van der Waals surface area contributed by atoms with Crippen LogP contribution >= 0.6 is 0 Å². The minimum atomic E-state index is -0.0496. The van der Waals surface area contributed by atoms with Gasteiger partial charge >= 0.3 is 0 Å². The van der Waals surface area contributed by atoms with E-state index in [1.807, 2.05) is 6.07 Å². The highest BCUT2D eigenvalue weighted by Gasteiger charge is 2.38. The molecule has 1 aliphatic rings. The number of aromatic nitrogens is 1. The van der Waals surface area contributed by atoms with Crippen LogP contribution in [-0.2, 0) is 5.41 Å². The van der Waals surface area contributed by atoms with Crippen molar-refractivity contribution in [3.05, 3.63) is 102 Å². The third-order valence-corrected chi connectivity index (χ3v) is 8.51. The summed E-state index contributed by atoms with van der Waals surface area (Å²) in [5.74, 6) is 0. The smallest absolute Gasteiger partial charge is 0.136 e. The highest BCUT2D eigenvalue weighted by atomic mass is 16.3. The summed E-state index contributed by atoms with van der Waals surface area (Å²) in [5, 5.41) is 7.63. The molecule has 8 aromatic rings. The van der Waals surface area contributed by atoms with Crippen molar-refractivity contribution in [2.45, 2.75) is 19.3 Å². The Hall–Kier alpha value is -4.30. The molecule has 0 N–H and O–H groups in total. The molecule has 2 heteroatoms. The van der Waals surface area contributed by atoms with Crippen LogP contribution < -0.4 is 0 Å². The van der Waals surface area contributed by atoms with Gasteiger partial charge in [0.15, 0.2) is 0 Å². The number of hydrogen-bond donors (Lipinski definition) is 0. The van der Waals surface area contributed by atoms with Crippen LogP contribution in [0.15, 0.2) is 95.4 Å². The van der Waals surface area contributed by atoms with Gasteiger partial charge in [-0.3, -0.25) is 0 Å². The fourth-order valence-corrected chi connectivity index (χ4v) is 6.95. The van der Waals surface area contributed by atoms with E-state index < -0.39 is 0 Å². The Morgan fingerprint density at radius 1 is 0.600 bits per heavy atom. The second-order valence-electron chi connectivity index (χ2n) is 10.6. The summed E-state index contributed by atoms with van der Waals surface area (Å²) in [6.45, 7) is 4.74. The van der Waals surface area contributed by atoms with E-state index in [0.29, 0.717) is 0 Å². The molecule has 0 aliphatic heterocycles. The molecule has 0 bridgehead atoms. The predicted molar refractivity (Wildman–Crippen MR) is 146 cm³/mol. The SMILES string of the molecule is CC1(C)c2ccccc2-c2c1cc1c3cc4oc5ccccc5c4cc3n3c4ccccc4c2c13. The predicted octanol–water partition coefficient (Wildman–Crippen LogP) is 9.04. The van der Waals surface area contributed by atoms with Crippen molar-refractivity contribution in [2.24, 2.45) is 0 Å². The van der Waals surface area contributed by atoms with Crippen molar-refractivity contribution in [1.82, 2.24) is 4.40 Å². The number of fused-ring (bicyclic) bond motifs is 13. The van der Waals surface area contributed by atoms with Crippen LogP contribution in [0.5, 0.6) is 0 Å². The maximum absolute atomic E-state index is 6.31. The summed E-state index contributed by atoms with van der Waals surface area (Å²) in [6.07, 6.45) is 0. The molecule has 35 heavy (non-hydrogen) atoms. The van der Waals surface area contributed by atoms with Gasteiger partial charge < -0.3 is 8.82 Å². The minimum Gasteiger partial charge on any atom is -0.456 e. The standard InChI is InChI=1S/C33H21NO/c1-33(2)24-12-6-3-10-19(24)30-25(33)15-23-21-17-29-22(18-9-5-8-14-28(18)35-29)16-27(21)34-26-13-7-4-11-20(26)31(30)32(23)34/h3-17H,1-2H3. The molecule has 9 rings (SSSR count). The van der Waals surface area contributed by atoms with Gasteiger partial charge in [0, 0.05) is 37.7 Å². The first-order chi connectivity index (χ1) is 17.1. The van der Waals surface area contributed by atoms with Crippen LogP contribution in [0.1, 0.15) is 25.0 Å². The molecule has 0 amide bonds. The van der Waals surface area contributed by atoms with E-state index in [9.17, 15) is 0 Å². The van der Waals surface area contributed by atoms with Crippen molar-refractivity contribution in [3.8, 4) is 11.1 Å². The highest BCUT2D eigenvalue weighted by Crippen LogP contribution is 2.55. The van der Waals surface area contributed by atoms with E-state index in [0.717, 1.165) is 11.2 Å². The molecular formula is C33H21NO. The third-order valence-electron chi connectivity index (χ3n) is 8.51. The number of furan rings is 1. The van der Waals surface area contributed by atoms with Crippen LogP contribution in [0.25, 0.3) is 71.2 Å². The zero-order valence-corrected chi connectivity index (χ0v) is 19.5. The Bertz CT molecular complexity index is 2190. The normalized spacial score (nSPS) is 14.8. The van der Waals surface area contributed by atoms with Crippen molar-refractivity contribution >= 4 is 60.0 Å². The number of rotatable bonds is 0. The second-order valence-corrected chi connectivity index (χ2v) is 10.6. The number of nitrogens with zero attached hydrogens (tertiary/aromatic N) is 1. The summed E-state index contributed by atoms with van der Waals surface area (Å²) in [6, 6.07) is 33.3. The summed E-state index contributed by atoms with van der Waals surface area (Å²) in [4.78, 5) is 0. The Balaban J connectivity index is 1.59. The van der Waals surface area contributed by atoms with E-state index >= 15 is 0 Å². The van der Waals surface area contributed by atoms with E-state index in [4.69, 9.17) is 4.42 Å². The lowest BCUT2D eigenvalue weighted by Gasteiger charge is -2.21. The van der Waals surface area contributed by atoms with Gasteiger partial charge in [0.05, 0.1) is 16.6 Å². The van der Waals surface area contributed by atoms with Gasteiger partial charge in [0.2, 0.25) is 0 Å². The van der Waals surface area contributed by atoms with Gasteiger partial charge in [-0.15, -0.1) is 0 Å². The van der Waals surface area contributed by atoms with Gasteiger partial charge in [0.25, 0.3) is 0 Å². The van der Waals surface area contributed by atoms with Crippen LogP contribution in [-0.4, -0.2) is 4.40 Å². The summed E-state index contributed by atoms with van der Waals surface area (Å²) in [7, 11) is 0. The topological polar surface area (TPSA) is 17.6 Å². The quantitative estimate of drug-likeness (QED) is 0.227. The third kappa shape index (κ3) is 1.93.